The van der Waals surface area contributed by atoms with Crippen molar-refractivity contribution in [2.24, 2.45) is 0 Å². The molecule has 0 atom stereocenters. The molecule has 0 saturated heterocycles. The van der Waals surface area contributed by atoms with Crippen LogP contribution in [-0.2, 0) is 17.9 Å². The summed E-state index contributed by atoms with van der Waals surface area (Å²) in [6, 6.07) is 7.35. The van der Waals surface area contributed by atoms with Crippen molar-refractivity contribution in [3.8, 4) is 5.75 Å². The summed E-state index contributed by atoms with van der Waals surface area (Å²) in [5.74, 6) is 0.136. The molecule has 8 heteroatoms. The maximum Gasteiger partial charge on any atom is 0.381 e. The first-order valence-electron chi connectivity index (χ1n) is 6.15. The van der Waals surface area contributed by atoms with Crippen LogP contribution in [0, 0.1) is 10.1 Å². The molecule has 0 fully saturated rings. The summed E-state index contributed by atoms with van der Waals surface area (Å²) in [6.45, 7) is 0.287. The second-order valence-corrected chi connectivity index (χ2v) is 4.25. The second kappa shape index (κ2) is 6.51. The maximum atomic E-state index is 11.8. The molecule has 1 amide bonds. The number of aromatic nitrogens is 2. The van der Waals surface area contributed by atoms with Gasteiger partial charge < -0.3 is 24.7 Å². The van der Waals surface area contributed by atoms with E-state index in [2.05, 4.69) is 10.3 Å². The molecule has 1 N–H and O–H groups in total. The van der Waals surface area contributed by atoms with Crippen LogP contribution in [0.15, 0.2) is 36.8 Å². The molecule has 0 saturated carbocycles. The number of carbonyl (C=O) groups excluding carboxylic acids is 1. The summed E-state index contributed by atoms with van der Waals surface area (Å²) in [6.07, 6.45) is 2.46. The quantitative estimate of drug-likeness (QED) is 0.634. The smallest absolute Gasteiger partial charge is 0.381 e. The SMILES string of the molecule is COc1ccccc1CNC(=O)Cn1cnc([N+](=O)[O-])c1. The van der Waals surface area contributed by atoms with E-state index in [0.717, 1.165) is 5.56 Å². The van der Waals surface area contributed by atoms with E-state index in [1.807, 2.05) is 18.2 Å². The minimum absolute atomic E-state index is 0.0318. The van der Waals surface area contributed by atoms with Crippen molar-refractivity contribution < 1.29 is 14.5 Å². The molecule has 0 aliphatic rings. The van der Waals surface area contributed by atoms with Gasteiger partial charge in [-0.15, -0.1) is 0 Å². The molecule has 0 radical (unpaired) electrons. The molecule has 1 aromatic carbocycles. The predicted molar refractivity (Wildman–Crippen MR) is 73.7 cm³/mol. The van der Waals surface area contributed by atoms with Gasteiger partial charge in [-0.2, -0.15) is 0 Å². The van der Waals surface area contributed by atoms with Gasteiger partial charge in [-0.3, -0.25) is 4.79 Å². The highest BCUT2D eigenvalue weighted by molar-refractivity contribution is 5.75. The molecule has 2 aromatic rings. The summed E-state index contributed by atoms with van der Waals surface area (Å²) >= 11 is 0. The topological polar surface area (TPSA) is 99.3 Å². The van der Waals surface area contributed by atoms with Crippen LogP contribution in [0.2, 0.25) is 0 Å². The number of rotatable bonds is 6. The molecule has 2 rings (SSSR count). The monoisotopic (exact) mass is 290 g/mol. The minimum atomic E-state index is -0.608. The Morgan fingerprint density at radius 3 is 2.90 bits per heavy atom. The fourth-order valence-electron chi connectivity index (χ4n) is 1.79. The Hall–Kier alpha value is -2.90. The lowest BCUT2D eigenvalue weighted by molar-refractivity contribution is -0.389. The Morgan fingerprint density at radius 1 is 1.48 bits per heavy atom. The Bertz CT molecular complexity index is 653. The number of para-hydroxylation sites is 1. The molecular formula is C13H14N4O4. The number of benzene rings is 1. The van der Waals surface area contributed by atoms with Crippen LogP contribution in [0.5, 0.6) is 5.75 Å². The molecule has 21 heavy (non-hydrogen) atoms. The molecule has 0 unspecified atom stereocenters. The number of methoxy groups -OCH3 is 1. The number of nitrogens with one attached hydrogen (secondary N) is 1. The lowest BCUT2D eigenvalue weighted by atomic mass is 10.2. The summed E-state index contributed by atoms with van der Waals surface area (Å²) in [5, 5.41) is 13.2. The van der Waals surface area contributed by atoms with E-state index in [0.29, 0.717) is 12.3 Å². The third kappa shape index (κ3) is 3.78. The highest BCUT2D eigenvalue weighted by atomic mass is 16.6. The van der Waals surface area contributed by atoms with E-state index in [9.17, 15) is 14.9 Å². The van der Waals surface area contributed by atoms with Gasteiger partial charge >= 0.3 is 5.82 Å². The molecule has 1 heterocycles. The highest BCUT2D eigenvalue weighted by Gasteiger charge is 2.12. The number of ether oxygens (including phenoxy) is 1. The fraction of sp³-hybridized carbons (Fsp3) is 0.231. The van der Waals surface area contributed by atoms with Gasteiger partial charge in [-0.1, -0.05) is 18.2 Å². The number of hydrogen-bond acceptors (Lipinski definition) is 5. The van der Waals surface area contributed by atoms with Crippen LogP contribution in [0.1, 0.15) is 5.56 Å². The van der Waals surface area contributed by atoms with E-state index in [4.69, 9.17) is 4.74 Å². The van der Waals surface area contributed by atoms with Gasteiger partial charge in [0.2, 0.25) is 12.2 Å². The zero-order chi connectivity index (χ0) is 15.2. The van der Waals surface area contributed by atoms with Crippen molar-refractivity contribution in [1.29, 1.82) is 0 Å². The Balaban J connectivity index is 1.91. The van der Waals surface area contributed by atoms with Gasteiger partial charge in [0.15, 0.2) is 0 Å². The summed E-state index contributed by atoms with van der Waals surface area (Å²) in [5.41, 5.74) is 0.852. The molecule has 1 aromatic heterocycles. The molecular weight excluding hydrogens is 276 g/mol. The molecule has 0 aliphatic carbocycles. The first-order valence-corrected chi connectivity index (χ1v) is 6.15. The van der Waals surface area contributed by atoms with Crippen LogP contribution in [0.3, 0.4) is 0 Å². The van der Waals surface area contributed by atoms with Crippen LogP contribution >= 0.6 is 0 Å². The largest absolute Gasteiger partial charge is 0.496 e. The van der Waals surface area contributed by atoms with Crippen molar-refractivity contribution in [3.63, 3.8) is 0 Å². The van der Waals surface area contributed by atoms with Crippen molar-refractivity contribution in [3.05, 3.63) is 52.5 Å². The summed E-state index contributed by atoms with van der Waals surface area (Å²) in [4.78, 5) is 25.3. The maximum absolute atomic E-state index is 11.8. The van der Waals surface area contributed by atoms with Gasteiger partial charge in [-0.05, 0) is 16.0 Å². The van der Waals surface area contributed by atoms with Gasteiger partial charge in [0, 0.05) is 12.1 Å². The van der Waals surface area contributed by atoms with E-state index < -0.39 is 4.92 Å². The number of imidazole rings is 1. The minimum Gasteiger partial charge on any atom is -0.496 e. The Kier molecular flexibility index (Phi) is 4.50. The fourth-order valence-corrected chi connectivity index (χ4v) is 1.79. The first-order chi connectivity index (χ1) is 10.1. The summed E-state index contributed by atoms with van der Waals surface area (Å²) in [7, 11) is 1.56. The normalized spacial score (nSPS) is 10.1. The number of nitrogens with zero attached hydrogens (tertiary/aromatic N) is 3. The summed E-state index contributed by atoms with van der Waals surface area (Å²) < 4.78 is 6.54. The lowest BCUT2D eigenvalue weighted by Gasteiger charge is -2.09. The van der Waals surface area contributed by atoms with Gasteiger partial charge in [0.1, 0.15) is 18.5 Å². The lowest BCUT2D eigenvalue weighted by Crippen LogP contribution is -2.26. The number of carbonyl (C=O) groups is 1. The van der Waals surface area contributed by atoms with E-state index in [1.165, 1.54) is 17.1 Å². The standard InChI is InChI=1S/C13H14N4O4/c1-21-11-5-3-2-4-10(11)6-14-13(18)8-16-7-12(15-9-16)17(19)20/h2-5,7,9H,6,8H2,1H3,(H,14,18). The zero-order valence-electron chi connectivity index (χ0n) is 11.4. The van der Waals surface area contributed by atoms with E-state index >= 15 is 0 Å². The van der Waals surface area contributed by atoms with Gasteiger partial charge in [0.25, 0.3) is 0 Å². The van der Waals surface area contributed by atoms with Crippen LogP contribution in [-0.4, -0.2) is 27.5 Å². The van der Waals surface area contributed by atoms with Crippen molar-refractivity contribution >= 4 is 11.7 Å². The third-order valence-electron chi connectivity index (χ3n) is 2.80. The molecule has 110 valence electrons. The van der Waals surface area contributed by atoms with E-state index in [1.54, 1.807) is 13.2 Å². The molecule has 0 aliphatic heterocycles. The highest BCUT2D eigenvalue weighted by Crippen LogP contribution is 2.16. The molecule has 0 spiro atoms. The number of amides is 1. The molecule has 8 nitrogen and oxygen atoms in total. The van der Waals surface area contributed by atoms with Crippen LogP contribution in [0.4, 0.5) is 5.82 Å². The average Bonchev–Trinajstić information content (AvgIpc) is 2.94. The van der Waals surface area contributed by atoms with Crippen molar-refractivity contribution in [2.45, 2.75) is 13.1 Å². The Labute approximate surface area is 120 Å². The van der Waals surface area contributed by atoms with Gasteiger partial charge in [0.05, 0.1) is 7.11 Å². The third-order valence-corrected chi connectivity index (χ3v) is 2.80. The van der Waals surface area contributed by atoms with Crippen molar-refractivity contribution in [2.75, 3.05) is 7.11 Å². The first kappa shape index (κ1) is 14.5. The van der Waals surface area contributed by atoms with Gasteiger partial charge in [-0.25, -0.2) is 0 Å². The van der Waals surface area contributed by atoms with Crippen molar-refractivity contribution in [1.82, 2.24) is 14.9 Å². The van der Waals surface area contributed by atoms with Crippen LogP contribution < -0.4 is 10.1 Å². The average molecular weight is 290 g/mol. The predicted octanol–water partition coefficient (Wildman–Crippen LogP) is 1.12. The van der Waals surface area contributed by atoms with Crippen LogP contribution in [0.25, 0.3) is 0 Å². The number of nitro groups is 1. The Morgan fingerprint density at radius 2 is 2.24 bits per heavy atom. The zero-order valence-corrected chi connectivity index (χ0v) is 11.4. The molecule has 0 bridgehead atoms. The van der Waals surface area contributed by atoms with E-state index in [-0.39, 0.29) is 18.3 Å². The number of hydrogen-bond donors (Lipinski definition) is 1. The second-order valence-electron chi connectivity index (χ2n) is 4.25.